The predicted molar refractivity (Wildman–Crippen MR) is 137 cm³/mol. The van der Waals surface area contributed by atoms with Crippen molar-refractivity contribution in [3.8, 4) is 22.6 Å². The lowest BCUT2D eigenvalue weighted by atomic mass is 9.86. The number of carbonyl (C=O) groups is 1. The van der Waals surface area contributed by atoms with Crippen molar-refractivity contribution >= 4 is 34.6 Å². The predicted octanol–water partition coefficient (Wildman–Crippen LogP) is 6.37. The zero-order chi connectivity index (χ0) is 23.6. The lowest BCUT2D eigenvalue weighted by Crippen LogP contribution is -2.15. The van der Waals surface area contributed by atoms with Crippen molar-refractivity contribution in [3.05, 3.63) is 69.8 Å². The number of nitrogens with one attached hydrogen (secondary N) is 2. The molecule has 33 heavy (non-hydrogen) atoms. The molecule has 0 radical (unpaired) electrons. The highest BCUT2D eigenvalue weighted by Crippen LogP contribution is 2.28. The topological polar surface area (TPSA) is 75.6 Å². The lowest BCUT2D eigenvalue weighted by molar-refractivity contribution is -0.116. The van der Waals surface area contributed by atoms with Crippen LogP contribution < -0.4 is 5.32 Å². The summed E-state index contributed by atoms with van der Waals surface area (Å²) in [5.41, 5.74) is 5.37. The summed E-state index contributed by atoms with van der Waals surface area (Å²) in [5.74, 6) is 0.615. The Morgan fingerprint density at radius 3 is 2.61 bits per heavy atom. The molecule has 2 N–H and O–H groups in total. The third-order valence-corrected chi connectivity index (χ3v) is 6.46. The fraction of sp³-hybridized carbons (Fsp3) is 0.280. The molecule has 0 aliphatic heterocycles. The molecule has 0 saturated heterocycles. The van der Waals surface area contributed by atoms with Gasteiger partial charge in [-0.05, 0) is 36.2 Å². The molecule has 170 valence electrons. The molecule has 0 fully saturated rings. The normalized spacial score (nSPS) is 11.5. The number of thiazole rings is 1. The average Bonchev–Trinajstić information content (AvgIpc) is 3.38. The highest BCUT2D eigenvalue weighted by molar-refractivity contribution is 7.71. The van der Waals surface area contributed by atoms with E-state index in [2.05, 4.69) is 65.5 Å². The molecule has 0 atom stereocenters. The molecule has 4 aromatic rings. The molecule has 2 aromatic heterocycles. The minimum atomic E-state index is -0.114. The van der Waals surface area contributed by atoms with Gasteiger partial charge in [-0.25, -0.2) is 4.98 Å². The molecule has 0 saturated carbocycles. The minimum Gasteiger partial charge on any atom is -0.302 e. The van der Waals surface area contributed by atoms with Crippen LogP contribution in [0, 0.1) is 11.7 Å². The van der Waals surface area contributed by atoms with Crippen LogP contribution in [-0.4, -0.2) is 25.7 Å². The number of nitrogens with zero attached hydrogens (tertiary/aromatic N) is 3. The van der Waals surface area contributed by atoms with Gasteiger partial charge in [0.25, 0.3) is 0 Å². The van der Waals surface area contributed by atoms with Gasteiger partial charge in [0.05, 0.1) is 5.69 Å². The molecule has 1 amide bonds. The largest absolute Gasteiger partial charge is 0.302 e. The van der Waals surface area contributed by atoms with Crippen LogP contribution in [0.4, 0.5) is 5.13 Å². The van der Waals surface area contributed by atoms with E-state index in [0.29, 0.717) is 16.4 Å². The Morgan fingerprint density at radius 1 is 1.15 bits per heavy atom. The number of hydrogen-bond acceptors (Lipinski definition) is 5. The third kappa shape index (κ3) is 5.46. The molecular formula is C25H27N5OS2. The molecule has 0 unspecified atom stereocenters. The van der Waals surface area contributed by atoms with Crippen molar-refractivity contribution in [1.82, 2.24) is 19.7 Å². The number of aryl methyl sites for hydroxylation is 1. The van der Waals surface area contributed by atoms with Gasteiger partial charge in [0.2, 0.25) is 5.91 Å². The first-order valence-corrected chi connectivity index (χ1v) is 12.1. The number of carbonyl (C=O) groups excluding carboxylic acids is 1. The van der Waals surface area contributed by atoms with E-state index in [1.807, 2.05) is 41.1 Å². The first-order chi connectivity index (χ1) is 15.7. The second kappa shape index (κ2) is 9.41. The standard InChI is InChI=1S/C25H27N5OS2/c1-16-6-5-7-18(14-16)22-28-29-24(32)30(22)13-12-21(31)27-23-26-20(15-33-23)17-8-10-19(11-9-17)25(2,3)4/h5-11,14-15H,12-13H2,1-4H3,(H,29,32)(H,26,27,31). The second-order valence-electron chi connectivity index (χ2n) is 9.04. The summed E-state index contributed by atoms with van der Waals surface area (Å²) < 4.78 is 2.35. The van der Waals surface area contributed by atoms with E-state index < -0.39 is 0 Å². The van der Waals surface area contributed by atoms with Crippen LogP contribution in [0.25, 0.3) is 22.6 Å². The van der Waals surface area contributed by atoms with E-state index in [1.165, 1.54) is 16.9 Å². The zero-order valence-corrected chi connectivity index (χ0v) is 20.8. The Bertz CT molecular complexity index is 1330. The van der Waals surface area contributed by atoms with E-state index in [0.717, 1.165) is 28.2 Å². The molecule has 2 aromatic carbocycles. The maximum atomic E-state index is 12.6. The summed E-state index contributed by atoms with van der Waals surface area (Å²) in [4.78, 5) is 17.2. The molecule has 0 aliphatic rings. The molecule has 4 rings (SSSR count). The maximum Gasteiger partial charge on any atom is 0.227 e. The van der Waals surface area contributed by atoms with Crippen molar-refractivity contribution in [3.63, 3.8) is 0 Å². The molecule has 0 spiro atoms. The van der Waals surface area contributed by atoms with Crippen molar-refractivity contribution in [2.45, 2.75) is 46.1 Å². The van der Waals surface area contributed by atoms with E-state index in [1.54, 1.807) is 0 Å². The van der Waals surface area contributed by atoms with Gasteiger partial charge in [-0.15, -0.1) is 11.3 Å². The van der Waals surface area contributed by atoms with E-state index in [-0.39, 0.29) is 17.7 Å². The monoisotopic (exact) mass is 477 g/mol. The fourth-order valence-corrected chi connectivity index (χ4v) is 4.49. The molecule has 8 heteroatoms. The lowest BCUT2D eigenvalue weighted by Gasteiger charge is -2.18. The van der Waals surface area contributed by atoms with Gasteiger partial charge in [-0.1, -0.05) is 68.8 Å². The third-order valence-electron chi connectivity index (χ3n) is 5.39. The smallest absolute Gasteiger partial charge is 0.227 e. The van der Waals surface area contributed by atoms with Crippen LogP contribution in [0.3, 0.4) is 0 Å². The molecule has 0 aliphatic carbocycles. The van der Waals surface area contributed by atoms with Crippen molar-refractivity contribution in [1.29, 1.82) is 0 Å². The van der Waals surface area contributed by atoms with E-state index >= 15 is 0 Å². The van der Waals surface area contributed by atoms with Crippen molar-refractivity contribution in [2.24, 2.45) is 0 Å². The maximum absolute atomic E-state index is 12.6. The molecule has 0 bridgehead atoms. The minimum absolute atomic E-state index is 0.108. The van der Waals surface area contributed by atoms with Crippen molar-refractivity contribution in [2.75, 3.05) is 5.32 Å². The van der Waals surface area contributed by atoms with Gasteiger partial charge in [0.1, 0.15) is 0 Å². The number of amides is 1. The van der Waals surface area contributed by atoms with Gasteiger partial charge in [0.15, 0.2) is 15.7 Å². The number of H-pyrrole nitrogens is 1. The average molecular weight is 478 g/mol. The van der Waals surface area contributed by atoms with Crippen LogP contribution in [0.1, 0.15) is 38.3 Å². The Balaban J connectivity index is 1.41. The first-order valence-electron chi connectivity index (χ1n) is 10.8. The second-order valence-corrected chi connectivity index (χ2v) is 10.3. The zero-order valence-electron chi connectivity index (χ0n) is 19.2. The van der Waals surface area contributed by atoms with Gasteiger partial charge in [-0.2, -0.15) is 5.10 Å². The number of aromatic nitrogens is 4. The van der Waals surface area contributed by atoms with E-state index in [9.17, 15) is 4.79 Å². The van der Waals surface area contributed by atoms with E-state index in [4.69, 9.17) is 12.2 Å². The SMILES string of the molecule is Cc1cccc(-c2n[nH]c(=S)n2CCC(=O)Nc2nc(-c3ccc(C(C)(C)C)cc3)cs2)c1. The van der Waals surface area contributed by atoms with Crippen molar-refractivity contribution < 1.29 is 4.79 Å². The quantitative estimate of drug-likeness (QED) is 0.317. The van der Waals surface area contributed by atoms with Gasteiger partial charge >= 0.3 is 0 Å². The number of anilines is 1. The van der Waals surface area contributed by atoms with Crippen LogP contribution in [0.5, 0.6) is 0 Å². The number of aromatic amines is 1. The van der Waals surface area contributed by atoms with Gasteiger partial charge in [-0.3, -0.25) is 14.5 Å². The summed E-state index contributed by atoms with van der Waals surface area (Å²) in [7, 11) is 0. The summed E-state index contributed by atoms with van der Waals surface area (Å²) in [6, 6.07) is 16.5. The highest BCUT2D eigenvalue weighted by Gasteiger charge is 2.15. The fourth-order valence-electron chi connectivity index (χ4n) is 3.53. The number of hydrogen-bond donors (Lipinski definition) is 2. The summed E-state index contributed by atoms with van der Waals surface area (Å²) in [5, 5.41) is 12.6. The Kier molecular flexibility index (Phi) is 6.58. The van der Waals surface area contributed by atoms with Gasteiger partial charge in [0, 0.05) is 29.5 Å². The molecular weight excluding hydrogens is 450 g/mol. The Labute approximate surface area is 202 Å². The first kappa shape index (κ1) is 23.1. The number of rotatable bonds is 6. The summed E-state index contributed by atoms with van der Waals surface area (Å²) in [6.45, 7) is 9.04. The molecule has 2 heterocycles. The summed E-state index contributed by atoms with van der Waals surface area (Å²) in [6.07, 6.45) is 0.266. The summed E-state index contributed by atoms with van der Waals surface area (Å²) >= 11 is 6.80. The van der Waals surface area contributed by atoms with Crippen LogP contribution in [-0.2, 0) is 16.8 Å². The molecule has 6 nitrogen and oxygen atoms in total. The van der Waals surface area contributed by atoms with Gasteiger partial charge < -0.3 is 5.32 Å². The van der Waals surface area contributed by atoms with Crippen LogP contribution in [0.2, 0.25) is 0 Å². The highest BCUT2D eigenvalue weighted by atomic mass is 32.1. The van der Waals surface area contributed by atoms with Crippen LogP contribution >= 0.6 is 23.6 Å². The Morgan fingerprint density at radius 2 is 1.91 bits per heavy atom. The van der Waals surface area contributed by atoms with Crippen LogP contribution in [0.15, 0.2) is 53.9 Å². The number of benzene rings is 2. The Hall–Kier alpha value is -3.10.